The Bertz CT molecular complexity index is 877. The van der Waals surface area contributed by atoms with Gasteiger partial charge in [-0.1, -0.05) is 30.3 Å². The van der Waals surface area contributed by atoms with E-state index in [1.54, 1.807) is 0 Å². The Morgan fingerprint density at radius 3 is 2.44 bits per heavy atom. The van der Waals surface area contributed by atoms with Crippen LogP contribution in [0.5, 0.6) is 0 Å². The fourth-order valence-corrected chi connectivity index (χ4v) is 4.83. The van der Waals surface area contributed by atoms with Crippen LogP contribution in [0.2, 0.25) is 0 Å². The molecule has 1 aromatic heterocycles. The van der Waals surface area contributed by atoms with Gasteiger partial charge in [-0.15, -0.1) is 0 Å². The van der Waals surface area contributed by atoms with Crippen LogP contribution >= 0.6 is 0 Å². The van der Waals surface area contributed by atoms with Crippen LogP contribution < -0.4 is 0 Å². The quantitative estimate of drug-likeness (QED) is 0.888. The van der Waals surface area contributed by atoms with Gasteiger partial charge in [-0.25, -0.2) is 13.2 Å². The second-order valence-electron chi connectivity index (χ2n) is 6.28. The van der Waals surface area contributed by atoms with E-state index in [1.165, 1.54) is 28.2 Å². The highest BCUT2D eigenvalue weighted by Crippen LogP contribution is 2.31. The summed E-state index contributed by atoms with van der Waals surface area (Å²) in [5.74, 6) is -1.15. The maximum atomic E-state index is 13.2. The SMILES string of the molecule is CN1CCN(S(=O)(=O)c2cc(C(=O)O)n(C)c2)C(c2ccccc2)C1. The Morgan fingerprint density at radius 1 is 1.16 bits per heavy atom. The van der Waals surface area contributed by atoms with Crippen LogP contribution in [0, 0.1) is 0 Å². The maximum absolute atomic E-state index is 13.2. The van der Waals surface area contributed by atoms with Crippen molar-refractivity contribution in [3.63, 3.8) is 0 Å². The molecule has 0 spiro atoms. The molecule has 7 nitrogen and oxygen atoms in total. The number of hydrogen-bond acceptors (Lipinski definition) is 4. The van der Waals surface area contributed by atoms with Gasteiger partial charge in [0.2, 0.25) is 10.0 Å². The Kier molecular flexibility index (Phi) is 4.68. The van der Waals surface area contributed by atoms with Gasteiger partial charge in [0.25, 0.3) is 0 Å². The van der Waals surface area contributed by atoms with Gasteiger partial charge in [0.05, 0.1) is 6.04 Å². The number of hydrogen-bond donors (Lipinski definition) is 1. The molecule has 3 rings (SSSR count). The number of carboxylic acids is 1. The van der Waals surface area contributed by atoms with Gasteiger partial charge in [-0.3, -0.25) is 0 Å². The van der Waals surface area contributed by atoms with Crippen LogP contribution in [0.25, 0.3) is 0 Å². The highest BCUT2D eigenvalue weighted by molar-refractivity contribution is 7.89. The Hall–Kier alpha value is -2.16. The molecule has 0 amide bonds. The Balaban J connectivity index is 2.02. The standard InChI is InChI=1S/C17H21N3O4S/c1-18-8-9-20(16(12-18)13-6-4-3-5-7-13)25(23,24)14-10-15(17(21)22)19(2)11-14/h3-7,10-11,16H,8-9,12H2,1-2H3,(H,21,22). The summed E-state index contributed by atoms with van der Waals surface area (Å²) in [6, 6.07) is 10.4. The van der Waals surface area contributed by atoms with E-state index >= 15 is 0 Å². The molecule has 8 heteroatoms. The fourth-order valence-electron chi connectivity index (χ4n) is 3.16. The second-order valence-corrected chi connectivity index (χ2v) is 8.17. The van der Waals surface area contributed by atoms with Gasteiger partial charge in [-0.05, 0) is 18.7 Å². The summed E-state index contributed by atoms with van der Waals surface area (Å²) >= 11 is 0. The molecule has 2 aromatic rings. The lowest BCUT2D eigenvalue weighted by molar-refractivity contribution is 0.0686. The molecule has 1 fully saturated rings. The van der Waals surface area contributed by atoms with Crippen LogP contribution in [0.4, 0.5) is 0 Å². The van der Waals surface area contributed by atoms with Crippen LogP contribution in [0.1, 0.15) is 22.1 Å². The summed E-state index contributed by atoms with van der Waals surface area (Å²) in [5, 5.41) is 9.18. The molecule has 0 bridgehead atoms. The lowest BCUT2D eigenvalue weighted by atomic mass is 10.1. The van der Waals surface area contributed by atoms with E-state index in [4.69, 9.17) is 0 Å². The first-order valence-electron chi connectivity index (χ1n) is 7.95. The van der Waals surface area contributed by atoms with Crippen molar-refractivity contribution in [1.82, 2.24) is 13.8 Å². The number of rotatable bonds is 4. The van der Waals surface area contributed by atoms with Gasteiger partial charge >= 0.3 is 5.97 Å². The smallest absolute Gasteiger partial charge is 0.352 e. The van der Waals surface area contributed by atoms with Crippen molar-refractivity contribution in [2.75, 3.05) is 26.7 Å². The first kappa shape index (κ1) is 17.7. The Labute approximate surface area is 147 Å². The molecule has 1 unspecified atom stereocenters. The number of carbonyl (C=O) groups is 1. The van der Waals surface area contributed by atoms with Crippen molar-refractivity contribution in [3.8, 4) is 0 Å². The highest BCUT2D eigenvalue weighted by atomic mass is 32.2. The number of likely N-dealkylation sites (N-methyl/N-ethyl adjacent to an activating group) is 1. The minimum atomic E-state index is -3.80. The molecular weight excluding hydrogens is 342 g/mol. The number of aromatic carboxylic acids is 1. The minimum Gasteiger partial charge on any atom is -0.477 e. The van der Waals surface area contributed by atoms with Crippen molar-refractivity contribution in [1.29, 1.82) is 0 Å². The van der Waals surface area contributed by atoms with Crippen LogP contribution in [-0.2, 0) is 17.1 Å². The van der Waals surface area contributed by atoms with Gasteiger partial charge in [0, 0.05) is 32.9 Å². The molecule has 1 aliphatic rings. The zero-order valence-electron chi connectivity index (χ0n) is 14.2. The number of aromatic nitrogens is 1. The first-order chi connectivity index (χ1) is 11.8. The van der Waals surface area contributed by atoms with E-state index in [9.17, 15) is 18.3 Å². The first-order valence-corrected chi connectivity index (χ1v) is 9.39. The zero-order valence-corrected chi connectivity index (χ0v) is 15.0. The van der Waals surface area contributed by atoms with Crippen molar-refractivity contribution >= 4 is 16.0 Å². The minimum absolute atomic E-state index is 0.0119. The third kappa shape index (κ3) is 3.33. The fraction of sp³-hybridized carbons (Fsp3) is 0.353. The van der Waals surface area contributed by atoms with E-state index in [-0.39, 0.29) is 16.6 Å². The molecule has 25 heavy (non-hydrogen) atoms. The summed E-state index contributed by atoms with van der Waals surface area (Å²) in [7, 11) is -0.303. The maximum Gasteiger partial charge on any atom is 0.352 e. The summed E-state index contributed by atoms with van der Waals surface area (Å²) in [4.78, 5) is 13.3. The molecule has 134 valence electrons. The van der Waals surface area contributed by atoms with Crippen molar-refractivity contribution in [3.05, 3.63) is 53.9 Å². The molecule has 0 radical (unpaired) electrons. The molecule has 1 saturated heterocycles. The largest absolute Gasteiger partial charge is 0.477 e. The number of carboxylic acid groups (broad SMARTS) is 1. The van der Waals surface area contributed by atoms with Crippen molar-refractivity contribution in [2.45, 2.75) is 10.9 Å². The number of sulfonamides is 1. The summed E-state index contributed by atoms with van der Waals surface area (Å²) in [6.45, 7) is 1.57. The zero-order chi connectivity index (χ0) is 18.2. The molecule has 2 heterocycles. The van der Waals surface area contributed by atoms with Crippen molar-refractivity contribution < 1.29 is 18.3 Å². The predicted octanol–water partition coefficient (Wildman–Crippen LogP) is 1.40. The molecule has 0 aliphatic carbocycles. The molecule has 1 aromatic carbocycles. The Morgan fingerprint density at radius 2 is 1.84 bits per heavy atom. The third-order valence-electron chi connectivity index (χ3n) is 4.52. The molecule has 0 saturated carbocycles. The van der Waals surface area contributed by atoms with E-state index < -0.39 is 16.0 Å². The highest BCUT2D eigenvalue weighted by Gasteiger charge is 2.37. The van der Waals surface area contributed by atoms with Gasteiger partial charge in [0.15, 0.2) is 0 Å². The molecule has 1 aliphatic heterocycles. The van der Waals surface area contributed by atoms with Crippen molar-refractivity contribution in [2.24, 2.45) is 7.05 Å². The van der Waals surface area contributed by atoms with Gasteiger partial charge in [0.1, 0.15) is 10.6 Å². The predicted molar refractivity (Wildman–Crippen MR) is 92.9 cm³/mol. The molecular formula is C17H21N3O4S. The number of aryl methyl sites for hydroxylation is 1. The van der Waals surface area contributed by atoms with E-state index in [1.807, 2.05) is 37.4 Å². The third-order valence-corrected chi connectivity index (χ3v) is 6.40. The number of piperazine rings is 1. The summed E-state index contributed by atoms with van der Waals surface area (Å²) in [5.41, 5.74) is 0.871. The number of benzene rings is 1. The lowest BCUT2D eigenvalue weighted by Gasteiger charge is -2.39. The molecule has 1 N–H and O–H groups in total. The van der Waals surface area contributed by atoms with E-state index in [0.29, 0.717) is 19.6 Å². The normalized spacial score (nSPS) is 19.8. The van der Waals surface area contributed by atoms with E-state index in [0.717, 1.165) is 5.56 Å². The van der Waals surface area contributed by atoms with Crippen LogP contribution in [0.3, 0.4) is 0 Å². The second kappa shape index (κ2) is 6.62. The molecule has 1 atom stereocenters. The topological polar surface area (TPSA) is 82.8 Å². The van der Waals surface area contributed by atoms with Crippen LogP contribution in [-0.4, -0.2) is 59.9 Å². The number of nitrogens with zero attached hydrogens (tertiary/aromatic N) is 3. The lowest BCUT2D eigenvalue weighted by Crippen LogP contribution is -2.49. The average molecular weight is 363 g/mol. The van der Waals surface area contributed by atoms with Crippen LogP contribution in [0.15, 0.2) is 47.5 Å². The van der Waals surface area contributed by atoms with E-state index in [2.05, 4.69) is 4.90 Å². The van der Waals surface area contributed by atoms with Gasteiger partial charge < -0.3 is 14.6 Å². The monoisotopic (exact) mass is 363 g/mol. The van der Waals surface area contributed by atoms with Gasteiger partial charge in [-0.2, -0.15) is 4.31 Å². The summed E-state index contributed by atoms with van der Waals surface area (Å²) in [6.07, 6.45) is 1.36. The summed E-state index contributed by atoms with van der Waals surface area (Å²) < 4.78 is 29.1. The average Bonchev–Trinajstić information content (AvgIpc) is 2.98.